The maximum Gasteiger partial charge on any atom is 0.389 e. The highest BCUT2D eigenvalue weighted by molar-refractivity contribution is 6.30. The normalized spacial score (nSPS) is 13.4. The van der Waals surface area contributed by atoms with E-state index in [1.165, 1.54) is 6.92 Å². The van der Waals surface area contributed by atoms with E-state index in [1.54, 1.807) is 24.3 Å². The van der Waals surface area contributed by atoms with Crippen LogP contribution in [0.5, 0.6) is 0 Å². The van der Waals surface area contributed by atoms with E-state index in [9.17, 15) is 26.7 Å². The summed E-state index contributed by atoms with van der Waals surface area (Å²) in [6.07, 6.45) is -8.34. The predicted octanol–water partition coefficient (Wildman–Crippen LogP) is 4.84. The van der Waals surface area contributed by atoms with E-state index in [2.05, 4.69) is 15.0 Å². The van der Waals surface area contributed by atoms with Gasteiger partial charge in [0.15, 0.2) is 11.2 Å². The number of halogens is 6. The van der Waals surface area contributed by atoms with Crippen LogP contribution in [0.4, 0.5) is 22.0 Å². The van der Waals surface area contributed by atoms with Crippen molar-refractivity contribution in [1.82, 2.24) is 19.5 Å². The highest BCUT2D eigenvalue weighted by atomic mass is 35.5. The average molecular weight is 435 g/mol. The van der Waals surface area contributed by atoms with Crippen molar-refractivity contribution in [2.24, 2.45) is 5.92 Å². The lowest BCUT2D eigenvalue weighted by atomic mass is 10.0. The Morgan fingerprint density at radius 1 is 1.17 bits per heavy atom. The van der Waals surface area contributed by atoms with Crippen LogP contribution in [0.3, 0.4) is 0 Å². The van der Waals surface area contributed by atoms with Crippen LogP contribution < -0.4 is 5.56 Å². The van der Waals surface area contributed by atoms with E-state index in [0.29, 0.717) is 10.6 Å². The zero-order valence-corrected chi connectivity index (χ0v) is 15.9. The number of H-pyrrole nitrogens is 1. The summed E-state index contributed by atoms with van der Waals surface area (Å²) in [6, 6.07) is 6.22. The fourth-order valence-electron chi connectivity index (χ4n) is 3.08. The molecule has 1 N–H and O–H groups in total. The number of imidazole rings is 1. The number of aromatic amines is 1. The molecule has 0 aliphatic heterocycles. The summed E-state index contributed by atoms with van der Waals surface area (Å²) >= 11 is 5.85. The van der Waals surface area contributed by atoms with Gasteiger partial charge in [-0.15, -0.1) is 0 Å². The van der Waals surface area contributed by atoms with Crippen molar-refractivity contribution in [2.75, 3.05) is 0 Å². The van der Waals surface area contributed by atoms with Gasteiger partial charge in [0.1, 0.15) is 11.6 Å². The maximum atomic E-state index is 13.2. The summed E-state index contributed by atoms with van der Waals surface area (Å²) in [5.41, 5.74) is -0.525. The third kappa shape index (κ3) is 5.11. The van der Waals surface area contributed by atoms with Crippen LogP contribution in [0.15, 0.2) is 29.1 Å². The Morgan fingerprint density at radius 2 is 1.83 bits per heavy atom. The molecule has 0 amide bonds. The number of hydrogen-bond donors (Lipinski definition) is 1. The second kappa shape index (κ2) is 8.10. The van der Waals surface area contributed by atoms with E-state index >= 15 is 0 Å². The van der Waals surface area contributed by atoms with E-state index in [4.69, 9.17) is 11.6 Å². The summed E-state index contributed by atoms with van der Waals surface area (Å²) in [5, 5.41) is 0.433. The molecular weight excluding hydrogens is 419 g/mol. The largest absolute Gasteiger partial charge is 0.389 e. The molecule has 1 atom stereocenters. The smallest absolute Gasteiger partial charge is 0.309 e. The molecule has 29 heavy (non-hydrogen) atoms. The van der Waals surface area contributed by atoms with Crippen LogP contribution in [0, 0.1) is 5.92 Å². The lowest BCUT2D eigenvalue weighted by Gasteiger charge is -2.13. The average Bonchev–Trinajstić information content (AvgIpc) is 2.92. The van der Waals surface area contributed by atoms with E-state index < -0.39 is 37.0 Å². The fraction of sp³-hybridized carbons (Fsp3) is 0.389. The Labute approximate surface area is 166 Å². The number of nitrogens with zero attached hydrogens (tertiary/aromatic N) is 3. The molecule has 0 bridgehead atoms. The lowest BCUT2D eigenvalue weighted by Crippen LogP contribution is -2.19. The molecule has 0 aliphatic carbocycles. The molecule has 0 radical (unpaired) electrons. The zero-order valence-electron chi connectivity index (χ0n) is 15.1. The Morgan fingerprint density at radius 3 is 2.41 bits per heavy atom. The molecule has 3 aromatic rings. The van der Waals surface area contributed by atoms with Crippen molar-refractivity contribution in [2.45, 2.75) is 38.9 Å². The first-order valence-electron chi connectivity index (χ1n) is 8.63. The SMILES string of the molecule is CC(Cc1nc2c(nc(-c3ccc(Cl)cc3)n2CC(F)F)c(=O)[nH]1)CC(F)(F)F. The van der Waals surface area contributed by atoms with E-state index in [0.717, 1.165) is 4.57 Å². The Bertz CT molecular complexity index is 1060. The molecule has 0 aliphatic rings. The van der Waals surface area contributed by atoms with Crippen LogP contribution >= 0.6 is 11.6 Å². The van der Waals surface area contributed by atoms with Crippen LogP contribution in [0.1, 0.15) is 19.2 Å². The van der Waals surface area contributed by atoms with Gasteiger partial charge in [-0.25, -0.2) is 18.7 Å². The van der Waals surface area contributed by atoms with Gasteiger partial charge in [-0.05, 0) is 30.2 Å². The van der Waals surface area contributed by atoms with Crippen LogP contribution in [-0.2, 0) is 13.0 Å². The molecule has 2 aromatic heterocycles. The lowest BCUT2D eigenvalue weighted by molar-refractivity contribution is -0.143. The van der Waals surface area contributed by atoms with Gasteiger partial charge in [-0.1, -0.05) is 18.5 Å². The van der Waals surface area contributed by atoms with Gasteiger partial charge in [0, 0.05) is 23.4 Å². The minimum Gasteiger partial charge on any atom is -0.309 e. The molecule has 1 aromatic carbocycles. The first kappa shape index (κ1) is 21.2. The zero-order chi connectivity index (χ0) is 21.3. The van der Waals surface area contributed by atoms with Crippen LogP contribution in [0.2, 0.25) is 5.02 Å². The topological polar surface area (TPSA) is 63.6 Å². The molecule has 1 unspecified atom stereocenters. The fourth-order valence-corrected chi connectivity index (χ4v) is 3.21. The first-order chi connectivity index (χ1) is 13.5. The molecule has 3 rings (SSSR count). The summed E-state index contributed by atoms with van der Waals surface area (Å²) < 4.78 is 65.1. The number of aromatic nitrogens is 4. The van der Waals surface area contributed by atoms with Crippen molar-refractivity contribution in [3.63, 3.8) is 0 Å². The van der Waals surface area contributed by atoms with Crippen LogP contribution in [0.25, 0.3) is 22.6 Å². The molecule has 156 valence electrons. The molecule has 0 spiro atoms. The van der Waals surface area contributed by atoms with Gasteiger partial charge < -0.3 is 9.55 Å². The quantitative estimate of drug-likeness (QED) is 0.565. The summed E-state index contributed by atoms with van der Waals surface area (Å²) in [5.74, 6) is -0.773. The third-order valence-electron chi connectivity index (χ3n) is 4.20. The molecule has 0 saturated heterocycles. The monoisotopic (exact) mass is 434 g/mol. The van der Waals surface area contributed by atoms with E-state index in [1.807, 2.05) is 0 Å². The maximum absolute atomic E-state index is 13.2. The van der Waals surface area contributed by atoms with Gasteiger partial charge >= 0.3 is 6.18 Å². The standard InChI is InChI=1S/C18H16ClF5N4O/c1-9(7-18(22,23)24)6-13-25-16-14(17(29)26-13)27-15(28(16)8-12(20)21)10-2-4-11(19)5-3-10/h2-5,9,12H,6-8H2,1H3,(H,25,26,29). The summed E-state index contributed by atoms with van der Waals surface area (Å²) in [7, 11) is 0. The highest BCUT2D eigenvalue weighted by Crippen LogP contribution is 2.27. The van der Waals surface area contributed by atoms with Crippen molar-refractivity contribution >= 4 is 22.8 Å². The van der Waals surface area contributed by atoms with Crippen molar-refractivity contribution in [1.29, 1.82) is 0 Å². The molecule has 0 fully saturated rings. The first-order valence-corrected chi connectivity index (χ1v) is 9.01. The van der Waals surface area contributed by atoms with Gasteiger partial charge in [0.05, 0.1) is 6.54 Å². The van der Waals surface area contributed by atoms with Crippen molar-refractivity contribution < 1.29 is 22.0 Å². The summed E-state index contributed by atoms with van der Waals surface area (Å²) in [4.78, 5) is 23.1. The number of rotatable bonds is 6. The summed E-state index contributed by atoms with van der Waals surface area (Å²) in [6.45, 7) is 0.593. The molecule has 2 heterocycles. The second-order valence-electron chi connectivity index (χ2n) is 6.76. The van der Waals surface area contributed by atoms with Gasteiger partial charge in [0.2, 0.25) is 0 Å². The highest BCUT2D eigenvalue weighted by Gasteiger charge is 2.30. The Kier molecular flexibility index (Phi) is 5.92. The molecule has 11 heteroatoms. The second-order valence-corrected chi connectivity index (χ2v) is 7.19. The van der Waals surface area contributed by atoms with Gasteiger partial charge in [0.25, 0.3) is 12.0 Å². The number of hydrogen-bond acceptors (Lipinski definition) is 3. The molecule has 5 nitrogen and oxygen atoms in total. The molecule has 0 saturated carbocycles. The molecular formula is C18H16ClF5N4O. The number of alkyl halides is 5. The predicted molar refractivity (Wildman–Crippen MR) is 98.1 cm³/mol. The van der Waals surface area contributed by atoms with Gasteiger partial charge in [-0.2, -0.15) is 13.2 Å². The van der Waals surface area contributed by atoms with Crippen molar-refractivity contribution in [3.8, 4) is 11.4 Å². The van der Waals surface area contributed by atoms with Gasteiger partial charge in [-0.3, -0.25) is 4.79 Å². The third-order valence-corrected chi connectivity index (χ3v) is 4.45. The number of benzene rings is 1. The Balaban J connectivity index is 2.09. The number of nitrogens with one attached hydrogen (secondary N) is 1. The van der Waals surface area contributed by atoms with Crippen molar-refractivity contribution in [3.05, 3.63) is 45.5 Å². The minimum atomic E-state index is -4.36. The minimum absolute atomic E-state index is 0.0164. The Hall–Kier alpha value is -2.49. The van der Waals surface area contributed by atoms with E-state index in [-0.39, 0.29) is 29.2 Å². The number of fused-ring (bicyclic) bond motifs is 1. The van der Waals surface area contributed by atoms with Crippen LogP contribution in [-0.4, -0.2) is 32.1 Å².